The van der Waals surface area contributed by atoms with Gasteiger partial charge in [0.2, 0.25) is 0 Å². The van der Waals surface area contributed by atoms with Crippen molar-refractivity contribution in [3.8, 4) is 59.9 Å². The van der Waals surface area contributed by atoms with Crippen molar-refractivity contribution in [3.05, 3.63) is 119 Å². The second kappa shape index (κ2) is 13.2. The molecule has 230 valence electrons. The Bertz CT molecular complexity index is 2170. The molecule has 9 heteroatoms. The van der Waals surface area contributed by atoms with Gasteiger partial charge in [0.05, 0.1) is 19.6 Å². The summed E-state index contributed by atoms with van der Waals surface area (Å²) in [5.41, 5.74) is 5.94. The quantitative estimate of drug-likeness (QED) is 0.133. The van der Waals surface area contributed by atoms with E-state index in [0.717, 1.165) is 57.1 Å². The first kappa shape index (κ1) is 31.0. The summed E-state index contributed by atoms with van der Waals surface area (Å²) < 4.78 is 0. The second-order valence-electron chi connectivity index (χ2n) is 10.8. The Balaban J connectivity index is 1.19. The summed E-state index contributed by atoms with van der Waals surface area (Å²) in [6.45, 7) is 2.14. The van der Waals surface area contributed by atoms with Crippen LogP contribution in [0.5, 0.6) is 0 Å². The maximum Gasteiger partial charge on any atom is 0.307 e. The molecule has 0 bridgehead atoms. The highest BCUT2D eigenvalue weighted by Gasteiger charge is 2.20. The van der Waals surface area contributed by atoms with Crippen LogP contribution in [0.1, 0.15) is 22.3 Å². The predicted octanol–water partition coefficient (Wildman–Crippen LogP) is 10.9. The summed E-state index contributed by atoms with van der Waals surface area (Å²) in [6, 6.07) is 32.8. The zero-order chi connectivity index (χ0) is 31.8. The van der Waals surface area contributed by atoms with Crippen molar-refractivity contribution in [2.24, 2.45) is 0 Å². The lowest BCUT2D eigenvalue weighted by Gasteiger charge is -2.03. The van der Waals surface area contributed by atoms with Gasteiger partial charge in [0.15, 0.2) is 0 Å². The third-order valence-corrected chi connectivity index (χ3v) is 14.2. The number of thiophene rings is 5. The van der Waals surface area contributed by atoms with Crippen LogP contribution in [-0.2, 0) is 24.4 Å². The van der Waals surface area contributed by atoms with E-state index in [2.05, 4.69) is 55.5 Å². The van der Waals surface area contributed by atoms with E-state index in [4.69, 9.17) is 0 Å². The molecule has 0 aliphatic rings. The van der Waals surface area contributed by atoms with Gasteiger partial charge in [-0.1, -0.05) is 48.5 Å². The van der Waals surface area contributed by atoms with Gasteiger partial charge in [0.1, 0.15) is 0 Å². The Kier molecular flexibility index (Phi) is 8.89. The standard InChI is InChI=1S/C37H28O4S5/c1-21-16-33(29-12-10-27(42-29)25-8-4-2-6-22(25)19-38)45-36(21)31-14-15-32(44-31)37-24(18-35(40)41)17-34(46-37)30-13-11-28(43-30)26-9-5-3-7-23(26)20-39/h2-17,38-39H,18-20H2,1H3,(H,40,41). The maximum atomic E-state index is 11.9. The van der Waals surface area contributed by atoms with Gasteiger partial charge < -0.3 is 15.3 Å². The third-order valence-electron chi connectivity index (χ3n) is 7.73. The first-order valence-corrected chi connectivity index (χ1v) is 18.6. The van der Waals surface area contributed by atoms with Crippen LogP contribution < -0.4 is 0 Å². The van der Waals surface area contributed by atoms with Crippen LogP contribution in [-0.4, -0.2) is 21.3 Å². The van der Waals surface area contributed by atoms with Gasteiger partial charge in [-0.15, -0.1) is 56.7 Å². The summed E-state index contributed by atoms with van der Waals surface area (Å²) in [7, 11) is 0. The van der Waals surface area contributed by atoms with Gasteiger partial charge in [-0.05, 0) is 88.8 Å². The molecule has 0 saturated heterocycles. The third kappa shape index (κ3) is 6.08. The van der Waals surface area contributed by atoms with Crippen LogP contribution in [0.2, 0.25) is 0 Å². The second-order valence-corrected chi connectivity index (χ2v) is 16.1. The van der Waals surface area contributed by atoms with Crippen LogP contribution in [0, 0.1) is 6.92 Å². The largest absolute Gasteiger partial charge is 0.481 e. The molecule has 7 rings (SSSR count). The summed E-state index contributed by atoms with van der Waals surface area (Å²) >= 11 is 8.52. The molecule has 0 aliphatic carbocycles. The van der Waals surface area contributed by atoms with E-state index in [1.807, 2.05) is 48.5 Å². The van der Waals surface area contributed by atoms with Crippen LogP contribution in [0.4, 0.5) is 0 Å². The maximum absolute atomic E-state index is 11.9. The Labute approximate surface area is 286 Å². The van der Waals surface area contributed by atoms with Gasteiger partial charge in [0.25, 0.3) is 0 Å². The summed E-state index contributed by atoms with van der Waals surface area (Å²) in [6.07, 6.45) is -0.0348. The molecule has 3 N–H and O–H groups in total. The Morgan fingerprint density at radius 3 is 1.54 bits per heavy atom. The Hall–Kier alpha value is -3.67. The van der Waals surface area contributed by atoms with Gasteiger partial charge in [-0.25, -0.2) is 0 Å². The molecule has 0 aliphatic heterocycles. The smallest absolute Gasteiger partial charge is 0.307 e. The van der Waals surface area contributed by atoms with Crippen molar-refractivity contribution in [1.82, 2.24) is 0 Å². The number of carboxylic acids is 1. The molecule has 0 unspecified atom stereocenters. The number of aliphatic hydroxyl groups excluding tert-OH is 2. The molecular formula is C37H28O4S5. The van der Waals surface area contributed by atoms with Crippen molar-refractivity contribution < 1.29 is 20.1 Å². The van der Waals surface area contributed by atoms with E-state index >= 15 is 0 Å². The monoisotopic (exact) mass is 696 g/mol. The lowest BCUT2D eigenvalue weighted by Crippen LogP contribution is -1.99. The molecule has 5 aromatic heterocycles. The normalized spacial score (nSPS) is 11.4. The SMILES string of the molecule is Cc1cc(-c2ccc(-c3ccccc3CO)s2)sc1-c1ccc(-c2sc(-c3ccc(-c4ccccc4CO)s3)cc2CC(=O)O)s1. The molecule has 4 nitrogen and oxygen atoms in total. The van der Waals surface area contributed by atoms with Crippen LogP contribution in [0.25, 0.3) is 59.9 Å². The number of benzene rings is 2. The number of hydrogen-bond donors (Lipinski definition) is 3. The number of rotatable bonds is 10. The number of hydrogen-bond acceptors (Lipinski definition) is 8. The van der Waals surface area contributed by atoms with Crippen molar-refractivity contribution in [2.45, 2.75) is 26.6 Å². The zero-order valence-electron chi connectivity index (χ0n) is 24.7. The number of carbonyl (C=O) groups is 1. The number of carboxylic acid groups (broad SMARTS) is 1. The van der Waals surface area contributed by atoms with Crippen LogP contribution >= 0.6 is 56.7 Å². The highest BCUT2D eigenvalue weighted by molar-refractivity contribution is 7.30. The minimum atomic E-state index is -0.846. The molecule has 0 fully saturated rings. The molecule has 7 aromatic rings. The number of aliphatic carboxylic acids is 1. The molecule has 5 heterocycles. The minimum Gasteiger partial charge on any atom is -0.481 e. The highest BCUT2D eigenvalue weighted by Crippen LogP contribution is 2.48. The summed E-state index contributed by atoms with van der Waals surface area (Å²) in [5.74, 6) is -0.846. The molecule has 0 atom stereocenters. The van der Waals surface area contributed by atoms with E-state index < -0.39 is 5.97 Å². The molecule has 0 saturated carbocycles. The number of aliphatic hydroxyl groups is 2. The number of aryl methyl sites for hydroxylation is 1. The van der Waals surface area contributed by atoms with Crippen molar-refractivity contribution >= 4 is 62.7 Å². The average molecular weight is 697 g/mol. The van der Waals surface area contributed by atoms with Crippen LogP contribution in [0.15, 0.2) is 97.1 Å². The van der Waals surface area contributed by atoms with Crippen LogP contribution in [0.3, 0.4) is 0 Å². The van der Waals surface area contributed by atoms with E-state index in [0.29, 0.717) is 0 Å². The van der Waals surface area contributed by atoms with Crippen molar-refractivity contribution in [1.29, 1.82) is 0 Å². The minimum absolute atomic E-state index is 0.0137. The molecule has 0 radical (unpaired) electrons. The van der Waals surface area contributed by atoms with E-state index in [9.17, 15) is 20.1 Å². The fourth-order valence-corrected chi connectivity index (χ4v) is 11.5. The van der Waals surface area contributed by atoms with Crippen molar-refractivity contribution in [2.75, 3.05) is 0 Å². The summed E-state index contributed by atoms with van der Waals surface area (Å²) in [4.78, 5) is 23.1. The van der Waals surface area contributed by atoms with E-state index in [-0.39, 0.29) is 19.6 Å². The van der Waals surface area contributed by atoms with Crippen molar-refractivity contribution in [3.63, 3.8) is 0 Å². The van der Waals surface area contributed by atoms with Gasteiger partial charge >= 0.3 is 5.97 Å². The molecule has 46 heavy (non-hydrogen) atoms. The van der Waals surface area contributed by atoms with E-state index in [1.54, 1.807) is 56.7 Å². The van der Waals surface area contributed by atoms with E-state index in [1.165, 1.54) is 25.1 Å². The molecule has 2 aromatic carbocycles. The van der Waals surface area contributed by atoms with Gasteiger partial charge in [-0.2, -0.15) is 0 Å². The fourth-order valence-electron chi connectivity index (χ4n) is 5.51. The fraction of sp³-hybridized carbons (Fsp3) is 0.108. The highest BCUT2D eigenvalue weighted by atomic mass is 32.1. The first-order valence-electron chi connectivity index (χ1n) is 14.6. The lowest BCUT2D eigenvalue weighted by molar-refractivity contribution is -0.136. The predicted molar refractivity (Wildman–Crippen MR) is 196 cm³/mol. The zero-order valence-corrected chi connectivity index (χ0v) is 28.7. The van der Waals surface area contributed by atoms with Gasteiger partial charge in [-0.3, -0.25) is 4.79 Å². The lowest BCUT2D eigenvalue weighted by atomic mass is 10.1. The molecule has 0 amide bonds. The average Bonchev–Trinajstić information content (AvgIpc) is 3.90. The topological polar surface area (TPSA) is 77.8 Å². The first-order chi connectivity index (χ1) is 22.4. The molecule has 0 spiro atoms. The molecular weight excluding hydrogens is 669 g/mol. The Morgan fingerprint density at radius 2 is 0.978 bits per heavy atom. The summed E-state index contributed by atoms with van der Waals surface area (Å²) in [5, 5.41) is 29.4. The van der Waals surface area contributed by atoms with Gasteiger partial charge in [0, 0.05) is 48.8 Å². The Morgan fingerprint density at radius 1 is 0.522 bits per heavy atom.